The van der Waals surface area contributed by atoms with E-state index in [2.05, 4.69) is 26.0 Å². The molecule has 0 aliphatic carbocycles. The van der Waals surface area contributed by atoms with Crippen LogP contribution in [0.25, 0.3) is 10.9 Å². The molecule has 3 aromatic rings. The van der Waals surface area contributed by atoms with Crippen LogP contribution in [-0.4, -0.2) is 20.8 Å². The Kier molecular flexibility index (Phi) is 5.15. The Morgan fingerprint density at radius 3 is 2.77 bits per heavy atom. The lowest BCUT2D eigenvalue weighted by atomic mass is 10.2. The van der Waals surface area contributed by atoms with Crippen molar-refractivity contribution in [1.29, 1.82) is 0 Å². The van der Waals surface area contributed by atoms with Crippen molar-refractivity contribution < 1.29 is 4.92 Å². The molecular weight excluding hydrogens is 424 g/mol. The molecule has 1 aromatic heterocycles. The van der Waals surface area contributed by atoms with Crippen molar-refractivity contribution in [2.24, 2.45) is 5.10 Å². The third-order valence-electron chi connectivity index (χ3n) is 3.70. The van der Waals surface area contributed by atoms with Crippen LogP contribution in [0.4, 0.5) is 5.69 Å². The normalized spacial score (nSPS) is 11.3. The first-order chi connectivity index (χ1) is 12.4. The van der Waals surface area contributed by atoms with Gasteiger partial charge in [-0.25, -0.2) is 4.98 Å². The number of non-ortho nitro benzene ring substituents is 1. The van der Waals surface area contributed by atoms with E-state index in [0.717, 1.165) is 4.47 Å². The van der Waals surface area contributed by atoms with E-state index in [0.29, 0.717) is 28.7 Å². The predicted molar refractivity (Wildman–Crippen MR) is 104 cm³/mol. The molecule has 0 atom stereocenters. The first kappa shape index (κ1) is 18.2. The van der Waals surface area contributed by atoms with Crippen molar-refractivity contribution in [2.45, 2.75) is 13.3 Å². The summed E-state index contributed by atoms with van der Waals surface area (Å²) in [7, 11) is 0. The topological polar surface area (TPSA) is 90.4 Å². The van der Waals surface area contributed by atoms with Crippen LogP contribution >= 0.6 is 27.5 Å². The SMILES string of the molecule is CCc1nc2ccc(Br)cc2c(=O)n1N=Cc1ccc([N+](=O)[O-])cc1Cl. The van der Waals surface area contributed by atoms with Crippen molar-refractivity contribution in [3.8, 4) is 0 Å². The number of hydrogen-bond donors (Lipinski definition) is 0. The number of aromatic nitrogens is 2. The van der Waals surface area contributed by atoms with Gasteiger partial charge in [0, 0.05) is 28.6 Å². The maximum Gasteiger partial charge on any atom is 0.282 e. The molecule has 132 valence electrons. The zero-order valence-electron chi connectivity index (χ0n) is 13.5. The van der Waals surface area contributed by atoms with Gasteiger partial charge < -0.3 is 0 Å². The number of halogens is 2. The van der Waals surface area contributed by atoms with Crippen molar-refractivity contribution >= 4 is 50.3 Å². The van der Waals surface area contributed by atoms with Gasteiger partial charge in [-0.05, 0) is 24.3 Å². The largest absolute Gasteiger partial charge is 0.282 e. The third-order valence-corrected chi connectivity index (χ3v) is 4.52. The predicted octanol–water partition coefficient (Wildman–Crippen LogP) is 4.17. The van der Waals surface area contributed by atoms with Crippen LogP contribution in [0.15, 0.2) is 50.8 Å². The molecule has 0 N–H and O–H groups in total. The minimum atomic E-state index is -0.530. The minimum absolute atomic E-state index is 0.115. The Bertz CT molecular complexity index is 1110. The number of rotatable bonds is 4. The van der Waals surface area contributed by atoms with E-state index in [1.807, 2.05) is 13.0 Å². The molecule has 0 bridgehead atoms. The van der Waals surface area contributed by atoms with Gasteiger partial charge in [0.1, 0.15) is 5.82 Å². The van der Waals surface area contributed by atoms with Gasteiger partial charge in [0.15, 0.2) is 0 Å². The van der Waals surface area contributed by atoms with Gasteiger partial charge in [-0.1, -0.05) is 34.5 Å². The quantitative estimate of drug-likeness (QED) is 0.349. The summed E-state index contributed by atoms with van der Waals surface area (Å²) in [6.07, 6.45) is 1.89. The van der Waals surface area contributed by atoms with Crippen LogP contribution in [0, 0.1) is 10.1 Å². The second kappa shape index (κ2) is 7.35. The molecule has 1 heterocycles. The second-order valence-electron chi connectivity index (χ2n) is 5.37. The zero-order chi connectivity index (χ0) is 18.8. The standard InChI is InChI=1S/C17H12BrClN4O3/c1-2-16-21-15-6-4-11(18)7-13(15)17(24)22(16)20-9-10-3-5-12(23(25)26)8-14(10)19/h3-9H,2H2,1H3. The van der Waals surface area contributed by atoms with Gasteiger partial charge in [0.05, 0.1) is 27.1 Å². The van der Waals surface area contributed by atoms with E-state index in [-0.39, 0.29) is 16.3 Å². The van der Waals surface area contributed by atoms with Crippen molar-refractivity contribution in [1.82, 2.24) is 9.66 Å². The van der Waals surface area contributed by atoms with Crippen LogP contribution in [-0.2, 0) is 6.42 Å². The van der Waals surface area contributed by atoms with E-state index in [1.54, 1.807) is 12.1 Å². The molecule has 0 aliphatic rings. The molecule has 2 aromatic carbocycles. The molecule has 0 unspecified atom stereocenters. The van der Waals surface area contributed by atoms with Crippen molar-refractivity contribution in [2.75, 3.05) is 0 Å². The van der Waals surface area contributed by atoms with Crippen LogP contribution in [0.2, 0.25) is 5.02 Å². The summed E-state index contributed by atoms with van der Waals surface area (Å²) in [5.41, 5.74) is 0.633. The number of fused-ring (bicyclic) bond motifs is 1. The maximum absolute atomic E-state index is 12.8. The highest BCUT2D eigenvalue weighted by atomic mass is 79.9. The van der Waals surface area contributed by atoms with E-state index in [1.165, 1.54) is 29.1 Å². The average Bonchev–Trinajstić information content (AvgIpc) is 2.62. The number of nitro benzene ring substituents is 1. The third kappa shape index (κ3) is 3.51. The first-order valence-electron chi connectivity index (χ1n) is 7.60. The molecule has 0 saturated heterocycles. The zero-order valence-corrected chi connectivity index (χ0v) is 15.9. The summed E-state index contributed by atoms with van der Waals surface area (Å²) in [6.45, 7) is 1.87. The monoisotopic (exact) mass is 434 g/mol. The first-order valence-corrected chi connectivity index (χ1v) is 8.77. The van der Waals surface area contributed by atoms with Crippen LogP contribution in [0.1, 0.15) is 18.3 Å². The smallest absolute Gasteiger partial charge is 0.267 e. The lowest BCUT2D eigenvalue weighted by molar-refractivity contribution is -0.384. The highest BCUT2D eigenvalue weighted by Crippen LogP contribution is 2.21. The summed E-state index contributed by atoms with van der Waals surface area (Å²) in [5, 5.41) is 15.6. The molecule has 0 radical (unpaired) electrons. The average molecular weight is 436 g/mol. The fourth-order valence-corrected chi connectivity index (χ4v) is 2.98. The van der Waals surface area contributed by atoms with E-state index in [4.69, 9.17) is 11.6 Å². The van der Waals surface area contributed by atoms with Crippen LogP contribution in [0.5, 0.6) is 0 Å². The number of aryl methyl sites for hydroxylation is 1. The van der Waals surface area contributed by atoms with Gasteiger partial charge in [0.25, 0.3) is 11.2 Å². The van der Waals surface area contributed by atoms with Gasteiger partial charge >= 0.3 is 0 Å². The molecule has 0 saturated carbocycles. The lowest BCUT2D eigenvalue weighted by Gasteiger charge is -2.08. The van der Waals surface area contributed by atoms with Crippen LogP contribution in [0.3, 0.4) is 0 Å². The Hall–Kier alpha value is -2.58. The number of nitro groups is 1. The Morgan fingerprint density at radius 1 is 1.35 bits per heavy atom. The van der Waals surface area contributed by atoms with E-state index >= 15 is 0 Å². The number of nitrogens with zero attached hydrogens (tertiary/aromatic N) is 4. The molecule has 3 rings (SSSR count). The fourth-order valence-electron chi connectivity index (χ4n) is 2.40. The molecule has 0 aliphatic heterocycles. The summed E-state index contributed by atoms with van der Waals surface area (Å²) < 4.78 is 1.98. The molecule has 0 spiro atoms. The molecule has 9 heteroatoms. The molecule has 26 heavy (non-hydrogen) atoms. The van der Waals surface area contributed by atoms with Crippen molar-refractivity contribution in [3.05, 3.63) is 77.7 Å². The second-order valence-corrected chi connectivity index (χ2v) is 6.69. The summed E-state index contributed by atoms with van der Waals surface area (Å²) in [5.74, 6) is 0.499. The minimum Gasteiger partial charge on any atom is -0.267 e. The highest BCUT2D eigenvalue weighted by Gasteiger charge is 2.11. The van der Waals surface area contributed by atoms with Crippen molar-refractivity contribution in [3.63, 3.8) is 0 Å². The molecule has 0 amide bonds. The number of hydrogen-bond acceptors (Lipinski definition) is 5. The van der Waals surface area contributed by atoms with Gasteiger partial charge in [-0.15, -0.1) is 0 Å². The molecule has 0 fully saturated rings. The Labute approximate surface area is 161 Å². The summed E-state index contributed by atoms with van der Waals surface area (Å²) in [4.78, 5) is 27.5. The number of benzene rings is 2. The van der Waals surface area contributed by atoms with Crippen LogP contribution < -0.4 is 5.56 Å². The van der Waals surface area contributed by atoms with Gasteiger partial charge in [-0.3, -0.25) is 14.9 Å². The molecule has 7 nitrogen and oxygen atoms in total. The van der Waals surface area contributed by atoms with Gasteiger partial charge in [-0.2, -0.15) is 9.78 Å². The summed E-state index contributed by atoms with van der Waals surface area (Å²) >= 11 is 9.41. The highest BCUT2D eigenvalue weighted by molar-refractivity contribution is 9.10. The Morgan fingerprint density at radius 2 is 2.12 bits per heavy atom. The van der Waals surface area contributed by atoms with E-state index in [9.17, 15) is 14.9 Å². The van der Waals surface area contributed by atoms with Gasteiger partial charge in [0.2, 0.25) is 0 Å². The fraction of sp³-hybridized carbons (Fsp3) is 0.118. The Balaban J connectivity index is 2.11. The van der Waals surface area contributed by atoms with E-state index < -0.39 is 4.92 Å². The molecular formula is C17H12BrClN4O3. The summed E-state index contributed by atoms with van der Waals surface area (Å²) in [6, 6.07) is 9.31. The lowest BCUT2D eigenvalue weighted by Crippen LogP contribution is -2.22. The maximum atomic E-state index is 12.8.